The van der Waals surface area contributed by atoms with E-state index in [1.807, 2.05) is 37.3 Å². The molecule has 0 aliphatic rings. The minimum Gasteiger partial charge on any atom is -0.305 e. The molecular weight excluding hydrogens is 250 g/mol. The Morgan fingerprint density at radius 1 is 1.25 bits per heavy atom. The van der Waals surface area contributed by atoms with Crippen molar-refractivity contribution in [2.45, 2.75) is 39.5 Å². The summed E-state index contributed by atoms with van der Waals surface area (Å²) in [6.45, 7) is 4.21. The first-order valence-electron chi connectivity index (χ1n) is 7.17. The Morgan fingerprint density at radius 2 is 2.00 bits per heavy atom. The zero-order valence-corrected chi connectivity index (χ0v) is 12.1. The largest absolute Gasteiger partial charge is 0.305 e. The maximum absolute atomic E-state index is 12.1. The minimum atomic E-state index is -0.124. The van der Waals surface area contributed by atoms with E-state index >= 15 is 0 Å². The minimum absolute atomic E-state index is 0.124. The van der Waals surface area contributed by atoms with Gasteiger partial charge in [-0.05, 0) is 37.0 Å². The van der Waals surface area contributed by atoms with Crippen molar-refractivity contribution >= 4 is 11.7 Å². The van der Waals surface area contributed by atoms with Crippen molar-refractivity contribution in [1.29, 1.82) is 0 Å². The fourth-order valence-corrected chi connectivity index (χ4v) is 2.00. The van der Waals surface area contributed by atoms with Crippen LogP contribution in [0.2, 0.25) is 0 Å². The predicted octanol–water partition coefficient (Wildman–Crippen LogP) is 3.57. The van der Waals surface area contributed by atoms with E-state index in [9.17, 15) is 4.79 Å². The number of benzene rings is 1. The van der Waals surface area contributed by atoms with Crippen molar-refractivity contribution in [3.05, 3.63) is 47.2 Å². The first kappa shape index (κ1) is 14.3. The number of aromatic amines is 1. The summed E-state index contributed by atoms with van der Waals surface area (Å²) >= 11 is 0. The molecule has 106 valence electrons. The molecule has 2 rings (SSSR count). The molecule has 0 radical (unpaired) electrons. The van der Waals surface area contributed by atoms with Gasteiger partial charge in [-0.25, -0.2) is 0 Å². The molecule has 0 atom stereocenters. The smallest absolute Gasteiger partial charge is 0.256 e. The number of amides is 1. The van der Waals surface area contributed by atoms with Crippen LogP contribution in [-0.4, -0.2) is 16.1 Å². The van der Waals surface area contributed by atoms with Crippen molar-refractivity contribution < 1.29 is 4.79 Å². The Hall–Kier alpha value is -2.10. The van der Waals surface area contributed by atoms with Gasteiger partial charge in [0.15, 0.2) is 5.82 Å². The van der Waals surface area contributed by atoms with Crippen LogP contribution in [0.3, 0.4) is 0 Å². The van der Waals surface area contributed by atoms with Crippen LogP contribution in [0, 0.1) is 0 Å². The van der Waals surface area contributed by atoms with Gasteiger partial charge < -0.3 is 5.32 Å². The van der Waals surface area contributed by atoms with Crippen molar-refractivity contribution in [2.75, 3.05) is 5.32 Å². The number of H-pyrrole nitrogens is 1. The lowest BCUT2D eigenvalue weighted by atomic mass is 10.1. The van der Waals surface area contributed by atoms with E-state index in [1.165, 1.54) is 18.4 Å². The van der Waals surface area contributed by atoms with Crippen molar-refractivity contribution in [3.8, 4) is 0 Å². The third-order valence-electron chi connectivity index (χ3n) is 3.29. The topological polar surface area (TPSA) is 57.8 Å². The second-order valence-corrected chi connectivity index (χ2v) is 4.89. The summed E-state index contributed by atoms with van der Waals surface area (Å²) in [4.78, 5) is 12.1. The number of hydrogen-bond acceptors (Lipinski definition) is 2. The monoisotopic (exact) mass is 271 g/mol. The second kappa shape index (κ2) is 6.89. The molecule has 1 aromatic heterocycles. The number of aryl methyl sites for hydroxylation is 2. The second-order valence-electron chi connectivity index (χ2n) is 4.89. The van der Waals surface area contributed by atoms with Crippen LogP contribution in [0.5, 0.6) is 0 Å². The molecule has 0 unspecified atom stereocenters. The first-order chi connectivity index (χ1) is 9.72. The van der Waals surface area contributed by atoms with Crippen LogP contribution in [0.25, 0.3) is 0 Å². The van der Waals surface area contributed by atoms with Crippen molar-refractivity contribution in [2.24, 2.45) is 0 Å². The van der Waals surface area contributed by atoms with Crippen LogP contribution in [0.1, 0.15) is 48.3 Å². The molecule has 1 amide bonds. The van der Waals surface area contributed by atoms with Crippen LogP contribution < -0.4 is 5.32 Å². The summed E-state index contributed by atoms with van der Waals surface area (Å²) in [5.74, 6) is 0.447. The average Bonchev–Trinajstić information content (AvgIpc) is 2.93. The summed E-state index contributed by atoms with van der Waals surface area (Å²) in [5, 5.41) is 9.73. The van der Waals surface area contributed by atoms with Gasteiger partial charge in [-0.2, -0.15) is 5.10 Å². The lowest BCUT2D eigenvalue weighted by Crippen LogP contribution is -2.12. The fourth-order valence-electron chi connectivity index (χ4n) is 2.00. The van der Waals surface area contributed by atoms with Crippen LogP contribution in [0.15, 0.2) is 30.3 Å². The highest BCUT2D eigenvalue weighted by Crippen LogP contribution is 2.11. The van der Waals surface area contributed by atoms with Gasteiger partial charge in [0, 0.05) is 17.3 Å². The van der Waals surface area contributed by atoms with Gasteiger partial charge in [0.1, 0.15) is 0 Å². The van der Waals surface area contributed by atoms with Crippen LogP contribution in [-0.2, 0) is 12.8 Å². The molecule has 4 nitrogen and oxygen atoms in total. The van der Waals surface area contributed by atoms with Gasteiger partial charge in [0.25, 0.3) is 5.91 Å². The molecular formula is C16H21N3O. The number of nitrogens with one attached hydrogen (secondary N) is 2. The molecule has 0 aliphatic heterocycles. The molecule has 20 heavy (non-hydrogen) atoms. The van der Waals surface area contributed by atoms with Gasteiger partial charge in [0.05, 0.1) is 0 Å². The molecule has 0 saturated heterocycles. The molecule has 0 fully saturated rings. The molecule has 0 bridgehead atoms. The molecule has 2 aromatic rings. The Kier molecular flexibility index (Phi) is 4.93. The van der Waals surface area contributed by atoms with E-state index < -0.39 is 0 Å². The number of aromatic nitrogens is 2. The Bertz CT molecular complexity index is 557. The summed E-state index contributed by atoms with van der Waals surface area (Å²) in [6, 6.07) is 9.63. The predicted molar refractivity (Wildman–Crippen MR) is 81.0 cm³/mol. The summed E-state index contributed by atoms with van der Waals surface area (Å²) in [7, 11) is 0. The van der Waals surface area contributed by atoms with E-state index in [4.69, 9.17) is 0 Å². The average molecular weight is 271 g/mol. The zero-order chi connectivity index (χ0) is 14.4. The van der Waals surface area contributed by atoms with Crippen molar-refractivity contribution in [1.82, 2.24) is 10.2 Å². The maximum atomic E-state index is 12.1. The highest BCUT2D eigenvalue weighted by Gasteiger charge is 2.08. The molecule has 4 heteroatoms. The summed E-state index contributed by atoms with van der Waals surface area (Å²) in [5.41, 5.74) is 2.94. The zero-order valence-electron chi connectivity index (χ0n) is 12.1. The highest BCUT2D eigenvalue weighted by atomic mass is 16.1. The Morgan fingerprint density at radius 3 is 2.60 bits per heavy atom. The Balaban J connectivity index is 1.98. The normalized spacial score (nSPS) is 10.5. The molecule has 2 N–H and O–H groups in total. The standard InChI is InChI=1S/C16H21N3O/c1-3-5-6-12-7-9-13(10-8-12)16(20)17-15-11-14(4-2)18-19-15/h7-11H,3-6H2,1-2H3,(H2,17,18,19,20). The van der Waals surface area contributed by atoms with E-state index in [-0.39, 0.29) is 5.91 Å². The molecule has 0 saturated carbocycles. The van der Waals surface area contributed by atoms with Crippen LogP contribution in [0.4, 0.5) is 5.82 Å². The van der Waals surface area contributed by atoms with E-state index in [0.29, 0.717) is 11.4 Å². The van der Waals surface area contributed by atoms with Gasteiger partial charge in [-0.3, -0.25) is 9.89 Å². The number of carbonyl (C=O) groups is 1. The molecule has 0 spiro atoms. The number of unbranched alkanes of at least 4 members (excludes halogenated alkanes) is 1. The molecule has 1 heterocycles. The lowest BCUT2D eigenvalue weighted by molar-refractivity contribution is 0.102. The Labute approximate surface area is 119 Å². The van der Waals surface area contributed by atoms with Gasteiger partial charge in [-0.1, -0.05) is 32.4 Å². The summed E-state index contributed by atoms with van der Waals surface area (Å²) < 4.78 is 0. The van der Waals surface area contributed by atoms with Crippen molar-refractivity contribution in [3.63, 3.8) is 0 Å². The SMILES string of the molecule is CCCCc1ccc(C(=O)Nc2cc(CC)[nH]n2)cc1. The lowest BCUT2D eigenvalue weighted by Gasteiger charge is -2.04. The van der Waals surface area contributed by atoms with E-state index in [0.717, 1.165) is 18.5 Å². The van der Waals surface area contributed by atoms with Gasteiger partial charge in [0.2, 0.25) is 0 Å². The number of anilines is 1. The third-order valence-corrected chi connectivity index (χ3v) is 3.29. The van der Waals surface area contributed by atoms with E-state index in [1.54, 1.807) is 0 Å². The maximum Gasteiger partial charge on any atom is 0.256 e. The first-order valence-corrected chi connectivity index (χ1v) is 7.17. The van der Waals surface area contributed by atoms with E-state index in [2.05, 4.69) is 22.4 Å². The van der Waals surface area contributed by atoms with Crippen LogP contribution >= 0.6 is 0 Å². The fraction of sp³-hybridized carbons (Fsp3) is 0.375. The van der Waals surface area contributed by atoms with Gasteiger partial charge in [-0.15, -0.1) is 0 Å². The third kappa shape index (κ3) is 3.70. The molecule has 0 aliphatic carbocycles. The number of carbonyl (C=O) groups excluding carboxylic acids is 1. The quantitative estimate of drug-likeness (QED) is 0.844. The highest BCUT2D eigenvalue weighted by molar-refractivity contribution is 6.03. The number of hydrogen-bond donors (Lipinski definition) is 2. The number of rotatable bonds is 6. The molecule has 1 aromatic carbocycles. The summed E-state index contributed by atoms with van der Waals surface area (Å²) in [6.07, 6.45) is 4.30. The van der Waals surface area contributed by atoms with Gasteiger partial charge >= 0.3 is 0 Å². The number of nitrogens with zero attached hydrogens (tertiary/aromatic N) is 1.